The lowest BCUT2D eigenvalue weighted by molar-refractivity contribution is 0.0361. The summed E-state index contributed by atoms with van der Waals surface area (Å²) in [4.78, 5) is 11.4. The van der Waals surface area contributed by atoms with Crippen LogP contribution in [0.2, 0.25) is 0 Å². The van der Waals surface area contributed by atoms with Gasteiger partial charge in [-0.3, -0.25) is 4.79 Å². The number of amides is 1. The maximum Gasteiger partial charge on any atom is 0.248 e. The van der Waals surface area contributed by atoms with Crippen molar-refractivity contribution in [1.82, 2.24) is 5.32 Å². The van der Waals surface area contributed by atoms with Crippen LogP contribution in [0.5, 0.6) is 0 Å². The fraction of sp³-hybridized carbons (Fsp3) is 0.562. The van der Waals surface area contributed by atoms with E-state index in [1.165, 1.54) is 5.56 Å². The summed E-state index contributed by atoms with van der Waals surface area (Å²) >= 11 is 0. The maximum atomic E-state index is 11.4. The minimum absolute atomic E-state index is 0. The molecule has 0 radical (unpaired) electrons. The Labute approximate surface area is 138 Å². The molecule has 0 aliphatic heterocycles. The van der Waals surface area contributed by atoms with E-state index in [1.54, 1.807) is 13.2 Å². The number of benzene rings is 1. The first kappa shape index (κ1) is 18.9. The second-order valence-corrected chi connectivity index (χ2v) is 6.16. The molecule has 1 aliphatic rings. The molecule has 5 nitrogen and oxygen atoms in total. The molecule has 5 N–H and O–H groups in total. The summed E-state index contributed by atoms with van der Waals surface area (Å²) in [5.74, 6) is -0.395. The zero-order valence-corrected chi connectivity index (χ0v) is 14.2. The van der Waals surface area contributed by atoms with Gasteiger partial charge in [0.2, 0.25) is 5.91 Å². The van der Waals surface area contributed by atoms with Gasteiger partial charge in [0.05, 0.1) is 6.10 Å². The van der Waals surface area contributed by atoms with Crippen LogP contribution in [-0.2, 0) is 16.6 Å². The lowest BCUT2D eigenvalue weighted by Gasteiger charge is -2.45. The zero-order chi connectivity index (χ0) is 15.6. The molecule has 1 aliphatic carbocycles. The van der Waals surface area contributed by atoms with Crippen LogP contribution in [0.3, 0.4) is 0 Å². The Morgan fingerprint density at radius 2 is 2.14 bits per heavy atom. The van der Waals surface area contributed by atoms with E-state index in [0.717, 1.165) is 18.5 Å². The van der Waals surface area contributed by atoms with E-state index in [1.807, 2.05) is 12.1 Å². The monoisotopic (exact) mass is 327 g/mol. The van der Waals surface area contributed by atoms with Gasteiger partial charge in [-0.25, -0.2) is 0 Å². The van der Waals surface area contributed by atoms with E-state index >= 15 is 0 Å². The van der Waals surface area contributed by atoms with Gasteiger partial charge in [-0.2, -0.15) is 0 Å². The molecule has 0 aromatic heterocycles. The van der Waals surface area contributed by atoms with Crippen molar-refractivity contribution in [2.75, 3.05) is 20.2 Å². The summed E-state index contributed by atoms with van der Waals surface area (Å²) in [6.07, 6.45) is 0.898. The van der Waals surface area contributed by atoms with E-state index in [-0.39, 0.29) is 30.0 Å². The highest BCUT2D eigenvalue weighted by molar-refractivity contribution is 5.93. The maximum absolute atomic E-state index is 11.4. The summed E-state index contributed by atoms with van der Waals surface area (Å²) in [5, 5.41) is 3.49. The summed E-state index contributed by atoms with van der Waals surface area (Å²) in [6, 6.07) is 5.84. The summed E-state index contributed by atoms with van der Waals surface area (Å²) < 4.78 is 5.68. The number of rotatable bonds is 5. The number of hydrogen-bond donors (Lipinski definition) is 3. The fourth-order valence-corrected chi connectivity index (χ4v) is 3.32. The number of halogens is 1. The SMILES string of the molecule is CO[C@@H]1Cc2ccc(C(N)=O)cc2C(C)(C)[C@H]1NCCN.Cl. The molecule has 6 heteroatoms. The van der Waals surface area contributed by atoms with Gasteiger partial charge in [0, 0.05) is 43.6 Å². The normalized spacial score (nSPS) is 22.5. The molecule has 0 spiro atoms. The summed E-state index contributed by atoms with van der Waals surface area (Å²) in [5.41, 5.74) is 13.8. The molecule has 1 aromatic carbocycles. The van der Waals surface area contributed by atoms with Gasteiger partial charge in [0.1, 0.15) is 0 Å². The Morgan fingerprint density at radius 3 is 2.68 bits per heavy atom. The average molecular weight is 328 g/mol. The van der Waals surface area contributed by atoms with Gasteiger partial charge >= 0.3 is 0 Å². The van der Waals surface area contributed by atoms with Crippen molar-refractivity contribution in [3.05, 3.63) is 34.9 Å². The van der Waals surface area contributed by atoms with Crippen molar-refractivity contribution in [2.24, 2.45) is 11.5 Å². The van der Waals surface area contributed by atoms with E-state index in [2.05, 4.69) is 19.2 Å². The van der Waals surface area contributed by atoms with Gasteiger partial charge in [0.15, 0.2) is 0 Å². The molecule has 1 aromatic rings. The van der Waals surface area contributed by atoms with Crippen molar-refractivity contribution < 1.29 is 9.53 Å². The largest absolute Gasteiger partial charge is 0.379 e. The number of nitrogens with one attached hydrogen (secondary N) is 1. The molecule has 0 saturated carbocycles. The Balaban J connectivity index is 0.00000242. The first-order chi connectivity index (χ1) is 9.91. The number of carbonyl (C=O) groups excluding carboxylic acids is 1. The quantitative estimate of drug-likeness (QED) is 0.751. The number of ether oxygens (including phenoxy) is 1. The molecular formula is C16H26ClN3O2. The van der Waals surface area contributed by atoms with E-state index in [0.29, 0.717) is 12.1 Å². The first-order valence-corrected chi connectivity index (χ1v) is 7.31. The summed E-state index contributed by atoms with van der Waals surface area (Å²) in [7, 11) is 1.74. The number of hydrogen-bond acceptors (Lipinski definition) is 4. The molecule has 0 unspecified atom stereocenters. The predicted octanol–water partition coefficient (Wildman–Crippen LogP) is 0.973. The zero-order valence-electron chi connectivity index (χ0n) is 13.4. The van der Waals surface area contributed by atoms with Gasteiger partial charge in [-0.05, 0) is 23.3 Å². The standard InChI is InChI=1S/C16H25N3O2.ClH/c1-16(2)12-8-11(15(18)20)5-4-10(12)9-13(21-3)14(16)19-7-6-17;/h4-5,8,13-14,19H,6-7,9,17H2,1-3H3,(H2,18,20);1H/t13-,14+;/m1./s1. The third-order valence-corrected chi connectivity index (χ3v) is 4.47. The van der Waals surface area contributed by atoms with E-state index in [4.69, 9.17) is 16.2 Å². The second-order valence-electron chi connectivity index (χ2n) is 6.16. The second kappa shape index (κ2) is 7.42. The van der Waals surface area contributed by atoms with E-state index < -0.39 is 5.91 Å². The molecule has 22 heavy (non-hydrogen) atoms. The molecule has 0 heterocycles. The van der Waals surface area contributed by atoms with Crippen LogP contribution in [0.4, 0.5) is 0 Å². The smallest absolute Gasteiger partial charge is 0.248 e. The van der Waals surface area contributed by atoms with Gasteiger partial charge in [-0.1, -0.05) is 19.9 Å². The summed E-state index contributed by atoms with van der Waals surface area (Å²) in [6.45, 7) is 5.64. The lowest BCUT2D eigenvalue weighted by atomic mass is 9.67. The number of carbonyl (C=O) groups is 1. The lowest BCUT2D eigenvalue weighted by Crippen LogP contribution is -2.57. The van der Waals surface area contributed by atoms with Crippen LogP contribution < -0.4 is 16.8 Å². The molecule has 2 atom stereocenters. The fourth-order valence-electron chi connectivity index (χ4n) is 3.32. The Morgan fingerprint density at radius 1 is 1.45 bits per heavy atom. The Bertz CT molecular complexity index is 534. The van der Waals surface area contributed by atoms with Crippen molar-refractivity contribution in [2.45, 2.75) is 37.8 Å². The van der Waals surface area contributed by atoms with Crippen molar-refractivity contribution in [1.29, 1.82) is 0 Å². The van der Waals surface area contributed by atoms with Gasteiger partial charge < -0.3 is 21.5 Å². The third-order valence-electron chi connectivity index (χ3n) is 4.47. The highest BCUT2D eigenvalue weighted by Gasteiger charge is 2.42. The average Bonchev–Trinajstić information content (AvgIpc) is 2.45. The Hall–Kier alpha value is -1.14. The highest BCUT2D eigenvalue weighted by atomic mass is 35.5. The highest BCUT2D eigenvalue weighted by Crippen LogP contribution is 2.38. The van der Waals surface area contributed by atoms with Gasteiger partial charge in [-0.15, -0.1) is 12.4 Å². The number of nitrogens with two attached hydrogens (primary N) is 2. The van der Waals surface area contributed by atoms with Crippen LogP contribution in [-0.4, -0.2) is 38.3 Å². The van der Waals surface area contributed by atoms with Crippen molar-refractivity contribution in [3.63, 3.8) is 0 Å². The van der Waals surface area contributed by atoms with Crippen LogP contribution in [0.1, 0.15) is 35.3 Å². The number of primary amides is 1. The van der Waals surface area contributed by atoms with Gasteiger partial charge in [0.25, 0.3) is 0 Å². The number of fused-ring (bicyclic) bond motifs is 1. The van der Waals surface area contributed by atoms with Crippen LogP contribution in [0.15, 0.2) is 18.2 Å². The molecule has 2 rings (SSSR count). The van der Waals surface area contributed by atoms with Crippen LogP contribution in [0, 0.1) is 0 Å². The first-order valence-electron chi connectivity index (χ1n) is 7.31. The third kappa shape index (κ3) is 3.43. The van der Waals surface area contributed by atoms with Crippen LogP contribution in [0.25, 0.3) is 0 Å². The van der Waals surface area contributed by atoms with Crippen molar-refractivity contribution >= 4 is 18.3 Å². The molecular weight excluding hydrogens is 302 g/mol. The predicted molar refractivity (Wildman–Crippen MR) is 90.6 cm³/mol. The topological polar surface area (TPSA) is 90.4 Å². The molecule has 0 bridgehead atoms. The molecule has 1 amide bonds. The molecule has 0 fully saturated rings. The number of methoxy groups -OCH3 is 1. The van der Waals surface area contributed by atoms with E-state index in [9.17, 15) is 4.79 Å². The molecule has 0 saturated heterocycles. The van der Waals surface area contributed by atoms with Crippen LogP contribution >= 0.6 is 12.4 Å². The Kier molecular flexibility index (Phi) is 6.38. The molecule has 124 valence electrons. The minimum Gasteiger partial charge on any atom is -0.379 e. The minimum atomic E-state index is -0.395. The van der Waals surface area contributed by atoms with Crippen molar-refractivity contribution in [3.8, 4) is 0 Å².